The molecule has 2 aliphatic rings. The predicted octanol–water partition coefficient (Wildman–Crippen LogP) is 4.71. The van der Waals surface area contributed by atoms with Crippen molar-refractivity contribution in [1.29, 1.82) is 0 Å². The van der Waals surface area contributed by atoms with Crippen LogP contribution in [0.25, 0.3) is 0 Å². The Balaban J connectivity index is 1.83. The number of hydrogen-bond acceptors (Lipinski definition) is 5. The number of benzene rings is 3. The van der Waals surface area contributed by atoms with E-state index < -0.39 is 11.5 Å². The van der Waals surface area contributed by atoms with Gasteiger partial charge >= 0.3 is 0 Å². The van der Waals surface area contributed by atoms with Crippen molar-refractivity contribution < 1.29 is 14.4 Å². The zero-order valence-corrected chi connectivity index (χ0v) is 17.3. The Labute approximate surface area is 184 Å². The number of Topliss-reactive ketones (excluding diaryl/α,β-unsaturated/α-hetero) is 3. The van der Waals surface area contributed by atoms with Gasteiger partial charge in [-0.2, -0.15) is 5.10 Å². The first-order valence-corrected chi connectivity index (χ1v) is 10.2. The topological polar surface area (TPSA) is 66.8 Å². The van der Waals surface area contributed by atoms with Gasteiger partial charge in [-0.1, -0.05) is 66.2 Å². The van der Waals surface area contributed by atoms with Crippen molar-refractivity contribution in [2.24, 2.45) is 5.10 Å². The zero-order chi connectivity index (χ0) is 21.8. The highest BCUT2D eigenvalue weighted by molar-refractivity contribution is 6.48. The van der Waals surface area contributed by atoms with Crippen molar-refractivity contribution >= 4 is 40.3 Å². The molecule has 1 atom stereocenters. The fourth-order valence-electron chi connectivity index (χ4n) is 4.57. The first-order chi connectivity index (χ1) is 15.0. The smallest absolute Gasteiger partial charge is 0.201 e. The summed E-state index contributed by atoms with van der Waals surface area (Å²) in [5.74, 6) is -1.89. The van der Waals surface area contributed by atoms with Crippen molar-refractivity contribution in [2.45, 2.75) is 18.4 Å². The molecular formula is C25H17ClN2O3. The SMILES string of the molecule is CC(=O)C1=NN(c2ccccc2)C2(C(=O)c3ccccc3C2=O)C1c1ccc(Cl)cc1. The number of halogens is 1. The minimum absolute atomic E-state index is 0.167. The van der Waals surface area contributed by atoms with E-state index in [-0.39, 0.29) is 23.1 Å². The first-order valence-electron chi connectivity index (χ1n) is 9.85. The van der Waals surface area contributed by atoms with Crippen LogP contribution < -0.4 is 5.01 Å². The van der Waals surface area contributed by atoms with Gasteiger partial charge in [0.05, 0.1) is 11.6 Å². The van der Waals surface area contributed by atoms with Crippen LogP contribution in [0.2, 0.25) is 5.02 Å². The van der Waals surface area contributed by atoms with Crippen LogP contribution in [-0.4, -0.2) is 28.6 Å². The number of carbonyl (C=O) groups excluding carboxylic acids is 3. The fraction of sp³-hybridized carbons (Fsp3) is 0.120. The van der Waals surface area contributed by atoms with Crippen LogP contribution in [0.4, 0.5) is 5.69 Å². The largest absolute Gasteiger partial charge is 0.293 e. The maximum Gasteiger partial charge on any atom is 0.201 e. The second kappa shape index (κ2) is 7.00. The van der Waals surface area contributed by atoms with E-state index in [0.717, 1.165) is 0 Å². The quantitative estimate of drug-likeness (QED) is 0.567. The van der Waals surface area contributed by atoms with Crippen LogP contribution in [0.15, 0.2) is 84.0 Å². The Morgan fingerprint density at radius 2 is 1.42 bits per heavy atom. The number of anilines is 1. The van der Waals surface area contributed by atoms with E-state index in [2.05, 4.69) is 5.10 Å². The van der Waals surface area contributed by atoms with Crippen molar-refractivity contribution in [3.05, 3.63) is 101 Å². The summed E-state index contributed by atoms with van der Waals surface area (Å²) in [6.45, 7) is 1.40. The van der Waals surface area contributed by atoms with E-state index in [4.69, 9.17) is 11.6 Å². The van der Waals surface area contributed by atoms with Gasteiger partial charge in [0.15, 0.2) is 17.3 Å². The number of rotatable bonds is 3. The summed E-state index contributed by atoms with van der Waals surface area (Å²) in [5, 5.41) is 6.54. The molecule has 1 unspecified atom stereocenters. The second-order valence-corrected chi connectivity index (χ2v) is 8.08. The van der Waals surface area contributed by atoms with E-state index in [1.54, 1.807) is 72.8 Å². The summed E-state index contributed by atoms with van der Waals surface area (Å²) in [5.41, 5.74) is 0.332. The second-order valence-electron chi connectivity index (χ2n) is 7.64. The Morgan fingerprint density at radius 1 is 0.871 bits per heavy atom. The van der Waals surface area contributed by atoms with E-state index in [0.29, 0.717) is 27.4 Å². The van der Waals surface area contributed by atoms with Crippen LogP contribution >= 0.6 is 11.6 Å². The number of ketones is 3. The minimum atomic E-state index is -1.71. The fourth-order valence-corrected chi connectivity index (χ4v) is 4.70. The van der Waals surface area contributed by atoms with Gasteiger partial charge in [-0.25, -0.2) is 5.01 Å². The minimum Gasteiger partial charge on any atom is -0.293 e. The van der Waals surface area contributed by atoms with Crippen LogP contribution in [-0.2, 0) is 4.79 Å². The maximum absolute atomic E-state index is 14.0. The molecule has 0 saturated carbocycles. The molecule has 0 bridgehead atoms. The van der Waals surface area contributed by atoms with Gasteiger partial charge in [0.25, 0.3) is 0 Å². The molecule has 5 rings (SSSR count). The van der Waals surface area contributed by atoms with Gasteiger partial charge in [0.1, 0.15) is 5.71 Å². The Hall–Kier alpha value is -3.57. The highest BCUT2D eigenvalue weighted by Gasteiger charge is 2.67. The molecule has 0 N–H and O–H groups in total. The van der Waals surface area contributed by atoms with E-state index in [1.165, 1.54) is 11.9 Å². The summed E-state index contributed by atoms with van der Waals surface area (Å²) in [6.07, 6.45) is 0. The maximum atomic E-state index is 14.0. The lowest BCUT2D eigenvalue weighted by molar-refractivity contribution is -0.111. The van der Waals surface area contributed by atoms with Gasteiger partial charge in [-0.15, -0.1) is 0 Å². The third kappa shape index (κ3) is 2.63. The number of fused-ring (bicyclic) bond motifs is 1. The zero-order valence-electron chi connectivity index (χ0n) is 16.6. The van der Waals surface area contributed by atoms with Gasteiger partial charge in [-0.05, 0) is 29.8 Å². The number of carbonyl (C=O) groups is 3. The normalized spacial score (nSPS) is 19.0. The summed E-state index contributed by atoms with van der Waals surface area (Å²) in [6, 6.07) is 22.6. The van der Waals surface area contributed by atoms with Gasteiger partial charge in [0.2, 0.25) is 5.54 Å². The van der Waals surface area contributed by atoms with Gasteiger partial charge in [0, 0.05) is 23.1 Å². The summed E-state index contributed by atoms with van der Waals surface area (Å²) < 4.78 is 0. The Kier molecular flexibility index (Phi) is 4.38. The van der Waals surface area contributed by atoms with Crippen molar-refractivity contribution in [3.8, 4) is 0 Å². The predicted molar refractivity (Wildman–Crippen MR) is 119 cm³/mol. The van der Waals surface area contributed by atoms with Crippen molar-refractivity contribution in [1.82, 2.24) is 0 Å². The molecule has 0 saturated heterocycles. The van der Waals surface area contributed by atoms with E-state index in [9.17, 15) is 14.4 Å². The van der Waals surface area contributed by atoms with Crippen LogP contribution in [0.1, 0.15) is 39.1 Å². The van der Waals surface area contributed by atoms with E-state index in [1.807, 2.05) is 6.07 Å². The number of para-hydroxylation sites is 1. The average Bonchev–Trinajstić information content (AvgIpc) is 3.26. The summed E-state index contributed by atoms with van der Waals surface area (Å²) in [4.78, 5) is 40.6. The molecule has 152 valence electrons. The lowest BCUT2D eigenvalue weighted by Gasteiger charge is -2.35. The van der Waals surface area contributed by atoms with Gasteiger partial charge in [-0.3, -0.25) is 14.4 Å². The van der Waals surface area contributed by atoms with Crippen LogP contribution in [0, 0.1) is 0 Å². The van der Waals surface area contributed by atoms with Crippen molar-refractivity contribution in [3.63, 3.8) is 0 Å². The average molecular weight is 429 g/mol. The number of hydrogen-bond donors (Lipinski definition) is 0. The Morgan fingerprint density at radius 3 is 1.97 bits per heavy atom. The monoisotopic (exact) mass is 428 g/mol. The standard InChI is InChI=1S/C25H17ClN2O3/c1-15(29)22-21(16-11-13-17(26)14-12-16)25(28(27-22)18-7-3-2-4-8-18)23(30)19-9-5-6-10-20(19)24(25)31/h2-14,21H,1H3. The molecule has 1 aliphatic heterocycles. The van der Waals surface area contributed by atoms with Crippen molar-refractivity contribution in [2.75, 3.05) is 5.01 Å². The molecule has 3 aromatic rings. The van der Waals surface area contributed by atoms with E-state index >= 15 is 0 Å². The molecule has 1 spiro atoms. The molecule has 1 aliphatic carbocycles. The highest BCUT2D eigenvalue weighted by Crippen LogP contribution is 2.50. The number of hydrazone groups is 1. The summed E-state index contributed by atoms with van der Waals surface area (Å²) in [7, 11) is 0. The molecule has 5 nitrogen and oxygen atoms in total. The first kappa shape index (κ1) is 19.4. The number of nitrogens with zero attached hydrogens (tertiary/aromatic N) is 2. The molecule has 0 aromatic heterocycles. The lowest BCUT2D eigenvalue weighted by atomic mass is 9.72. The molecule has 1 heterocycles. The molecule has 0 radical (unpaired) electrons. The molecule has 31 heavy (non-hydrogen) atoms. The molecular weight excluding hydrogens is 412 g/mol. The third-order valence-electron chi connectivity index (χ3n) is 5.91. The Bertz CT molecular complexity index is 1230. The third-order valence-corrected chi connectivity index (χ3v) is 6.16. The van der Waals surface area contributed by atoms with Crippen LogP contribution in [0.3, 0.4) is 0 Å². The molecule has 3 aromatic carbocycles. The molecule has 6 heteroatoms. The summed E-state index contributed by atoms with van der Waals surface area (Å²) >= 11 is 6.08. The lowest BCUT2D eigenvalue weighted by Crippen LogP contribution is -2.57. The van der Waals surface area contributed by atoms with Gasteiger partial charge < -0.3 is 0 Å². The van der Waals surface area contributed by atoms with Crippen LogP contribution in [0.5, 0.6) is 0 Å². The molecule has 0 fully saturated rings. The molecule has 0 amide bonds. The highest BCUT2D eigenvalue weighted by atomic mass is 35.5.